The van der Waals surface area contributed by atoms with Crippen LogP contribution in [0, 0.1) is 0 Å². The van der Waals surface area contributed by atoms with Gasteiger partial charge in [-0.25, -0.2) is 9.78 Å². The Bertz CT molecular complexity index is 996. The third kappa shape index (κ3) is 7.17. The summed E-state index contributed by atoms with van der Waals surface area (Å²) in [5.74, 6) is -0.498. The lowest BCUT2D eigenvalue weighted by molar-refractivity contribution is -0.148. The number of hydrogen-bond acceptors (Lipinski definition) is 6. The number of pyridine rings is 1. The molecular formula is C26H31N3O3. The van der Waals surface area contributed by atoms with E-state index in [0.29, 0.717) is 17.0 Å². The van der Waals surface area contributed by atoms with E-state index < -0.39 is 11.6 Å². The Labute approximate surface area is 190 Å². The maximum absolute atomic E-state index is 12.6. The topological polar surface area (TPSA) is 62.7 Å². The van der Waals surface area contributed by atoms with Gasteiger partial charge in [0.25, 0.3) is 0 Å². The minimum absolute atomic E-state index is 0.0774. The Hall–Kier alpha value is -3.25. The van der Waals surface area contributed by atoms with E-state index in [2.05, 4.69) is 21.8 Å². The fourth-order valence-corrected chi connectivity index (χ4v) is 3.30. The minimum Gasteiger partial charge on any atom is -0.457 e. The Morgan fingerprint density at radius 3 is 2.09 bits per heavy atom. The number of ketones is 1. The summed E-state index contributed by atoms with van der Waals surface area (Å²) in [5, 5.41) is 0. The number of carbonyl (C=O) groups is 2. The number of rotatable bonds is 6. The number of benzene rings is 1. The van der Waals surface area contributed by atoms with Gasteiger partial charge in [-0.1, -0.05) is 6.07 Å². The van der Waals surface area contributed by atoms with E-state index in [1.165, 1.54) is 12.2 Å². The number of anilines is 1. The van der Waals surface area contributed by atoms with E-state index in [-0.39, 0.29) is 5.78 Å². The van der Waals surface area contributed by atoms with Gasteiger partial charge >= 0.3 is 5.97 Å². The highest BCUT2D eigenvalue weighted by Gasteiger charge is 2.15. The fourth-order valence-electron chi connectivity index (χ4n) is 3.30. The molecule has 168 valence electrons. The first-order chi connectivity index (χ1) is 15.2. The summed E-state index contributed by atoms with van der Waals surface area (Å²) in [7, 11) is 2.13. The maximum Gasteiger partial charge on any atom is 0.331 e. The molecule has 0 atom stereocenters. The van der Waals surface area contributed by atoms with Gasteiger partial charge in [0, 0.05) is 43.5 Å². The number of ether oxygens (including phenoxy) is 1. The van der Waals surface area contributed by atoms with Gasteiger partial charge in [-0.05, 0) is 82.4 Å². The van der Waals surface area contributed by atoms with Crippen LogP contribution >= 0.6 is 0 Å². The molecule has 0 radical (unpaired) electrons. The van der Waals surface area contributed by atoms with Crippen molar-refractivity contribution in [1.29, 1.82) is 0 Å². The number of likely N-dealkylation sites (N-methyl/N-ethyl adjacent to an activating group) is 1. The van der Waals surface area contributed by atoms with Crippen LogP contribution in [0.2, 0.25) is 0 Å². The van der Waals surface area contributed by atoms with Crippen LogP contribution < -0.4 is 4.90 Å². The molecule has 0 unspecified atom stereocenters. The first-order valence-electron chi connectivity index (χ1n) is 10.8. The Kier molecular flexibility index (Phi) is 7.59. The summed E-state index contributed by atoms with van der Waals surface area (Å²) in [6.45, 7) is 9.53. The summed E-state index contributed by atoms with van der Waals surface area (Å²) in [6.07, 6.45) is 6.16. The zero-order valence-electron chi connectivity index (χ0n) is 19.2. The SMILES string of the molecule is CN1CCN(c2ccc(C(=O)/C=C/c3cccc(/C=C/C(=O)OC(C)(C)C)n3)cc2)CC1. The molecule has 1 aromatic carbocycles. The zero-order chi connectivity index (χ0) is 23.1. The summed E-state index contributed by atoms with van der Waals surface area (Å²) in [4.78, 5) is 33.5. The number of nitrogens with zero attached hydrogens (tertiary/aromatic N) is 3. The average Bonchev–Trinajstić information content (AvgIpc) is 2.76. The summed E-state index contributed by atoms with van der Waals surface area (Å²) >= 11 is 0. The van der Waals surface area contributed by atoms with Crippen molar-refractivity contribution in [2.75, 3.05) is 38.1 Å². The van der Waals surface area contributed by atoms with Gasteiger partial charge in [0.1, 0.15) is 5.60 Å². The van der Waals surface area contributed by atoms with Crippen molar-refractivity contribution in [3.05, 3.63) is 71.6 Å². The molecule has 0 spiro atoms. The van der Waals surface area contributed by atoms with E-state index in [9.17, 15) is 9.59 Å². The van der Waals surface area contributed by atoms with Gasteiger partial charge in [-0.3, -0.25) is 4.79 Å². The molecule has 6 heteroatoms. The normalized spacial score (nSPS) is 15.4. The smallest absolute Gasteiger partial charge is 0.331 e. The molecule has 0 N–H and O–H groups in total. The van der Waals surface area contributed by atoms with E-state index in [4.69, 9.17) is 4.74 Å². The van der Waals surface area contributed by atoms with Crippen LogP contribution in [0.15, 0.2) is 54.6 Å². The quantitative estimate of drug-likeness (QED) is 0.389. The third-order valence-corrected chi connectivity index (χ3v) is 5.01. The van der Waals surface area contributed by atoms with E-state index >= 15 is 0 Å². The molecule has 1 saturated heterocycles. The first kappa shape index (κ1) is 23.4. The number of hydrogen-bond donors (Lipinski definition) is 0. The van der Waals surface area contributed by atoms with Crippen LogP contribution in [0.25, 0.3) is 12.2 Å². The van der Waals surface area contributed by atoms with Crippen LogP contribution in [0.5, 0.6) is 0 Å². The Morgan fingerprint density at radius 1 is 0.906 bits per heavy atom. The van der Waals surface area contributed by atoms with Crippen molar-refractivity contribution in [3.63, 3.8) is 0 Å². The largest absolute Gasteiger partial charge is 0.457 e. The van der Waals surface area contributed by atoms with Gasteiger partial charge in [-0.15, -0.1) is 0 Å². The average molecular weight is 434 g/mol. The lowest BCUT2D eigenvalue weighted by atomic mass is 10.1. The van der Waals surface area contributed by atoms with Crippen molar-refractivity contribution in [3.8, 4) is 0 Å². The van der Waals surface area contributed by atoms with Crippen LogP contribution in [-0.2, 0) is 9.53 Å². The summed E-state index contributed by atoms with van der Waals surface area (Å²) < 4.78 is 5.25. The highest BCUT2D eigenvalue weighted by Crippen LogP contribution is 2.18. The molecule has 2 aromatic rings. The van der Waals surface area contributed by atoms with Crippen molar-refractivity contribution >= 4 is 29.6 Å². The lowest BCUT2D eigenvalue weighted by Gasteiger charge is -2.34. The van der Waals surface area contributed by atoms with E-state index in [0.717, 1.165) is 31.9 Å². The molecule has 2 heterocycles. The number of esters is 1. The maximum atomic E-state index is 12.6. The summed E-state index contributed by atoms with van der Waals surface area (Å²) in [5.41, 5.74) is 2.49. The van der Waals surface area contributed by atoms with Gasteiger partial charge in [0.2, 0.25) is 0 Å². The second-order valence-electron chi connectivity index (χ2n) is 8.89. The first-order valence-corrected chi connectivity index (χ1v) is 10.8. The molecule has 0 bridgehead atoms. The van der Waals surface area contributed by atoms with E-state index in [1.54, 1.807) is 18.2 Å². The molecular weight excluding hydrogens is 402 g/mol. The number of allylic oxidation sites excluding steroid dienone is 1. The fraction of sp³-hybridized carbons (Fsp3) is 0.346. The molecule has 1 aliphatic rings. The molecule has 1 fully saturated rings. The summed E-state index contributed by atoms with van der Waals surface area (Å²) in [6, 6.07) is 13.2. The van der Waals surface area contributed by atoms with Gasteiger partial charge < -0.3 is 14.5 Å². The van der Waals surface area contributed by atoms with Crippen LogP contribution in [0.4, 0.5) is 5.69 Å². The van der Waals surface area contributed by atoms with Gasteiger partial charge in [0.05, 0.1) is 11.4 Å². The molecule has 32 heavy (non-hydrogen) atoms. The van der Waals surface area contributed by atoms with Crippen molar-refractivity contribution in [1.82, 2.24) is 9.88 Å². The predicted octanol–water partition coefficient (Wildman–Crippen LogP) is 4.08. The van der Waals surface area contributed by atoms with Gasteiger partial charge in [-0.2, -0.15) is 0 Å². The van der Waals surface area contributed by atoms with Crippen molar-refractivity contribution in [2.45, 2.75) is 26.4 Å². The van der Waals surface area contributed by atoms with Crippen LogP contribution in [-0.4, -0.2) is 60.5 Å². The third-order valence-electron chi connectivity index (χ3n) is 5.01. The minimum atomic E-state index is -0.539. The number of piperazine rings is 1. The van der Waals surface area contributed by atoms with E-state index in [1.807, 2.05) is 57.2 Å². The molecule has 6 nitrogen and oxygen atoms in total. The lowest BCUT2D eigenvalue weighted by Crippen LogP contribution is -2.44. The van der Waals surface area contributed by atoms with Crippen LogP contribution in [0.3, 0.4) is 0 Å². The number of aromatic nitrogens is 1. The Balaban J connectivity index is 1.60. The molecule has 3 rings (SSSR count). The van der Waals surface area contributed by atoms with Crippen molar-refractivity contribution in [2.24, 2.45) is 0 Å². The highest BCUT2D eigenvalue weighted by molar-refractivity contribution is 6.06. The molecule has 0 aliphatic carbocycles. The molecule has 0 saturated carbocycles. The second-order valence-corrected chi connectivity index (χ2v) is 8.89. The zero-order valence-corrected chi connectivity index (χ0v) is 19.2. The molecule has 1 aromatic heterocycles. The molecule has 0 amide bonds. The Morgan fingerprint density at radius 2 is 1.50 bits per heavy atom. The highest BCUT2D eigenvalue weighted by atomic mass is 16.6. The molecule has 1 aliphatic heterocycles. The monoisotopic (exact) mass is 433 g/mol. The van der Waals surface area contributed by atoms with Gasteiger partial charge in [0.15, 0.2) is 5.78 Å². The predicted molar refractivity (Wildman–Crippen MR) is 129 cm³/mol. The number of carbonyl (C=O) groups excluding carboxylic acids is 2. The van der Waals surface area contributed by atoms with Crippen molar-refractivity contribution < 1.29 is 14.3 Å². The second kappa shape index (κ2) is 10.4. The standard InChI is InChI=1S/C26H31N3O3/c1-26(2,3)32-25(31)15-11-22-7-5-6-21(27-22)10-14-24(30)20-8-12-23(13-9-20)29-18-16-28(4)17-19-29/h5-15H,16-19H2,1-4H3/b14-10+,15-11+. The van der Waals surface area contributed by atoms with Crippen LogP contribution in [0.1, 0.15) is 42.5 Å².